The first-order chi connectivity index (χ1) is 9.54. The van der Waals surface area contributed by atoms with Gasteiger partial charge in [-0.15, -0.1) is 0 Å². The Labute approximate surface area is 117 Å². The Kier molecular flexibility index (Phi) is 4.04. The number of hydrogen-bond acceptors (Lipinski definition) is 3. The summed E-state index contributed by atoms with van der Waals surface area (Å²) in [5.74, 6) is -1.74. The highest BCUT2D eigenvalue weighted by Crippen LogP contribution is 2.34. The summed E-state index contributed by atoms with van der Waals surface area (Å²) >= 11 is 0. The number of benzene rings is 1. The minimum Gasteiger partial charge on any atom is -0.481 e. The van der Waals surface area contributed by atoms with E-state index in [2.05, 4.69) is 6.07 Å². The van der Waals surface area contributed by atoms with Crippen LogP contribution in [0.1, 0.15) is 25.3 Å². The lowest BCUT2D eigenvalue weighted by Crippen LogP contribution is -2.38. The number of aliphatic carboxylic acids is 1. The third kappa shape index (κ3) is 2.97. The molecule has 0 spiro atoms. The molecule has 0 aliphatic heterocycles. The van der Waals surface area contributed by atoms with E-state index >= 15 is 0 Å². The summed E-state index contributed by atoms with van der Waals surface area (Å²) in [6.45, 7) is 1.65. The Morgan fingerprint density at radius 3 is 2.65 bits per heavy atom. The van der Waals surface area contributed by atoms with Gasteiger partial charge in [-0.05, 0) is 25.0 Å². The summed E-state index contributed by atoms with van der Waals surface area (Å²) in [5.41, 5.74) is 0.888. The van der Waals surface area contributed by atoms with Crippen LogP contribution in [0.25, 0.3) is 0 Å². The van der Waals surface area contributed by atoms with E-state index in [-0.39, 0.29) is 18.4 Å². The van der Waals surface area contributed by atoms with Crippen LogP contribution in [-0.2, 0) is 9.59 Å². The van der Waals surface area contributed by atoms with Crippen molar-refractivity contribution in [2.24, 2.45) is 11.8 Å². The molecule has 1 amide bonds. The van der Waals surface area contributed by atoms with Gasteiger partial charge in [0.2, 0.25) is 5.91 Å². The van der Waals surface area contributed by atoms with Gasteiger partial charge in [0.1, 0.15) is 6.07 Å². The van der Waals surface area contributed by atoms with E-state index in [1.165, 1.54) is 4.90 Å². The summed E-state index contributed by atoms with van der Waals surface area (Å²) in [4.78, 5) is 24.8. The summed E-state index contributed by atoms with van der Waals surface area (Å²) in [6, 6.07) is 8.84. The minimum atomic E-state index is -0.951. The lowest BCUT2D eigenvalue weighted by Gasteiger charge is -2.25. The third-order valence-corrected chi connectivity index (χ3v) is 3.39. The Bertz CT molecular complexity index is 573. The number of hydrogen-bond donors (Lipinski definition) is 1. The number of nitriles is 1. The first kappa shape index (κ1) is 14.1. The molecule has 0 radical (unpaired) electrons. The van der Waals surface area contributed by atoms with E-state index in [4.69, 9.17) is 10.4 Å². The number of carbonyl (C=O) groups excluding carboxylic acids is 1. The summed E-state index contributed by atoms with van der Waals surface area (Å²) < 4.78 is 0. The van der Waals surface area contributed by atoms with E-state index in [1.807, 2.05) is 0 Å². The minimum absolute atomic E-state index is 0.0252. The molecule has 0 saturated heterocycles. The van der Waals surface area contributed by atoms with Gasteiger partial charge in [0.15, 0.2) is 0 Å². The molecule has 1 fully saturated rings. The molecule has 20 heavy (non-hydrogen) atoms. The van der Waals surface area contributed by atoms with Crippen molar-refractivity contribution in [1.29, 1.82) is 5.26 Å². The monoisotopic (exact) mass is 272 g/mol. The topological polar surface area (TPSA) is 81.4 Å². The largest absolute Gasteiger partial charge is 0.481 e. The zero-order valence-electron chi connectivity index (χ0n) is 11.2. The molecule has 1 aliphatic carbocycles. The summed E-state index contributed by atoms with van der Waals surface area (Å²) in [6.07, 6.45) is 1.68. The molecule has 5 nitrogen and oxygen atoms in total. The molecular formula is C15H16N2O3. The average Bonchev–Trinajstić information content (AvgIpc) is 3.28. The van der Waals surface area contributed by atoms with Crippen molar-refractivity contribution in [2.45, 2.75) is 19.8 Å². The fourth-order valence-corrected chi connectivity index (χ4v) is 2.01. The standard InChI is InChI=1S/C15H16N2O3/c1-10(15(19)20)9-17(14(18)11-6-7-11)13-5-3-2-4-12(13)8-16/h2-5,10-11H,6-7,9H2,1H3,(H,19,20). The second-order valence-corrected chi connectivity index (χ2v) is 5.09. The second kappa shape index (κ2) is 5.74. The fourth-order valence-electron chi connectivity index (χ4n) is 2.01. The third-order valence-electron chi connectivity index (χ3n) is 3.39. The molecular weight excluding hydrogens is 256 g/mol. The second-order valence-electron chi connectivity index (χ2n) is 5.09. The summed E-state index contributed by atoms with van der Waals surface area (Å²) in [5, 5.41) is 18.2. The number of carbonyl (C=O) groups is 2. The van der Waals surface area contributed by atoms with Crippen molar-refractivity contribution in [3.63, 3.8) is 0 Å². The van der Waals surface area contributed by atoms with Crippen molar-refractivity contribution in [2.75, 3.05) is 11.4 Å². The van der Waals surface area contributed by atoms with E-state index in [1.54, 1.807) is 31.2 Å². The zero-order chi connectivity index (χ0) is 14.7. The van der Waals surface area contributed by atoms with Crippen LogP contribution in [0, 0.1) is 23.2 Å². The number of carboxylic acid groups (broad SMARTS) is 1. The van der Waals surface area contributed by atoms with E-state index < -0.39 is 11.9 Å². The van der Waals surface area contributed by atoms with Crippen molar-refractivity contribution >= 4 is 17.6 Å². The van der Waals surface area contributed by atoms with Crippen molar-refractivity contribution in [1.82, 2.24) is 0 Å². The number of anilines is 1. The van der Waals surface area contributed by atoms with Gasteiger partial charge in [0, 0.05) is 12.5 Å². The molecule has 2 rings (SSSR count). The maximum absolute atomic E-state index is 12.4. The van der Waals surface area contributed by atoms with Crippen molar-refractivity contribution < 1.29 is 14.7 Å². The first-order valence-corrected chi connectivity index (χ1v) is 6.58. The highest BCUT2D eigenvalue weighted by molar-refractivity contribution is 5.98. The smallest absolute Gasteiger partial charge is 0.308 e. The molecule has 1 saturated carbocycles. The van der Waals surface area contributed by atoms with Gasteiger partial charge in [0.05, 0.1) is 17.2 Å². The maximum atomic E-state index is 12.4. The molecule has 1 unspecified atom stereocenters. The van der Waals surface area contributed by atoms with Gasteiger partial charge < -0.3 is 10.0 Å². The van der Waals surface area contributed by atoms with Crippen LogP contribution in [-0.4, -0.2) is 23.5 Å². The van der Waals surface area contributed by atoms with Crippen LogP contribution in [0.3, 0.4) is 0 Å². The molecule has 1 aliphatic rings. The molecule has 1 atom stereocenters. The van der Waals surface area contributed by atoms with Gasteiger partial charge in [-0.3, -0.25) is 9.59 Å². The van der Waals surface area contributed by atoms with Crippen LogP contribution >= 0.6 is 0 Å². The normalized spacial score (nSPS) is 15.2. The maximum Gasteiger partial charge on any atom is 0.308 e. The van der Waals surface area contributed by atoms with Crippen LogP contribution < -0.4 is 4.90 Å². The van der Waals surface area contributed by atoms with Gasteiger partial charge in [-0.1, -0.05) is 19.1 Å². The van der Waals surface area contributed by atoms with E-state index in [0.29, 0.717) is 11.3 Å². The first-order valence-electron chi connectivity index (χ1n) is 6.58. The number of rotatable bonds is 5. The van der Waals surface area contributed by atoms with Crippen molar-refractivity contribution in [3.05, 3.63) is 29.8 Å². The van der Waals surface area contributed by atoms with Gasteiger partial charge >= 0.3 is 5.97 Å². The van der Waals surface area contributed by atoms with Crippen LogP contribution in [0.4, 0.5) is 5.69 Å². The lowest BCUT2D eigenvalue weighted by atomic mass is 10.1. The molecule has 0 aromatic heterocycles. The quantitative estimate of drug-likeness (QED) is 0.889. The summed E-state index contributed by atoms with van der Waals surface area (Å²) in [7, 11) is 0. The van der Waals surface area contributed by atoms with E-state index in [9.17, 15) is 9.59 Å². The average molecular weight is 272 g/mol. The van der Waals surface area contributed by atoms with E-state index in [0.717, 1.165) is 12.8 Å². The Morgan fingerprint density at radius 1 is 1.45 bits per heavy atom. The number of amides is 1. The fraction of sp³-hybridized carbons (Fsp3) is 0.400. The Hall–Kier alpha value is -2.35. The SMILES string of the molecule is CC(CN(C(=O)C1CC1)c1ccccc1C#N)C(=O)O. The molecule has 104 valence electrons. The Balaban J connectivity index is 2.32. The molecule has 1 N–H and O–H groups in total. The number of carboxylic acids is 1. The predicted molar refractivity (Wildman–Crippen MR) is 73.0 cm³/mol. The van der Waals surface area contributed by atoms with Gasteiger partial charge in [-0.2, -0.15) is 5.26 Å². The van der Waals surface area contributed by atoms with Crippen LogP contribution in [0.2, 0.25) is 0 Å². The number of nitrogens with zero attached hydrogens (tertiary/aromatic N) is 2. The van der Waals surface area contributed by atoms with Gasteiger partial charge in [0.25, 0.3) is 0 Å². The molecule has 0 bridgehead atoms. The number of para-hydroxylation sites is 1. The Morgan fingerprint density at radius 2 is 2.10 bits per heavy atom. The predicted octanol–water partition coefficient (Wildman–Crippen LogP) is 2.02. The van der Waals surface area contributed by atoms with Crippen LogP contribution in [0.5, 0.6) is 0 Å². The highest BCUT2D eigenvalue weighted by atomic mass is 16.4. The lowest BCUT2D eigenvalue weighted by molar-refractivity contribution is -0.140. The van der Waals surface area contributed by atoms with Crippen LogP contribution in [0.15, 0.2) is 24.3 Å². The van der Waals surface area contributed by atoms with Gasteiger partial charge in [-0.25, -0.2) is 0 Å². The zero-order valence-corrected chi connectivity index (χ0v) is 11.2. The highest BCUT2D eigenvalue weighted by Gasteiger charge is 2.35. The van der Waals surface area contributed by atoms with Crippen molar-refractivity contribution in [3.8, 4) is 6.07 Å². The molecule has 0 heterocycles. The molecule has 1 aromatic carbocycles. The molecule has 5 heteroatoms. The molecule has 1 aromatic rings.